The SMILES string of the molecule is C1=C(c2ccccc2-c2ccccc2)C(c2ccccc2N(c2ccc(-c3cccc4ccccc34)cc2)c2ccc3c(c2)C2(CCCCC2)c2ccccc2-3)=CCC1. The fraction of sp³-hybridized carbons (Fsp3) is 0.138. The van der Waals surface area contributed by atoms with Gasteiger partial charge in [0.1, 0.15) is 0 Å². The van der Waals surface area contributed by atoms with Crippen molar-refractivity contribution in [1.29, 1.82) is 0 Å². The van der Waals surface area contributed by atoms with Crippen LogP contribution in [0.15, 0.2) is 200 Å². The van der Waals surface area contributed by atoms with Crippen molar-refractivity contribution in [2.45, 2.75) is 50.4 Å². The summed E-state index contributed by atoms with van der Waals surface area (Å²) in [6.45, 7) is 0. The highest BCUT2D eigenvalue weighted by Gasteiger charge is 2.44. The summed E-state index contributed by atoms with van der Waals surface area (Å²) in [5.74, 6) is 0. The molecule has 0 aromatic heterocycles. The van der Waals surface area contributed by atoms with E-state index in [9.17, 15) is 0 Å². The maximum Gasteiger partial charge on any atom is 0.0540 e. The molecular weight excluding hydrogens is 711 g/mol. The zero-order valence-corrected chi connectivity index (χ0v) is 33.4. The largest absolute Gasteiger partial charge is 0.310 e. The zero-order valence-electron chi connectivity index (χ0n) is 33.4. The average molecular weight is 758 g/mol. The van der Waals surface area contributed by atoms with Gasteiger partial charge in [0.15, 0.2) is 0 Å². The highest BCUT2D eigenvalue weighted by Crippen LogP contribution is 2.57. The molecule has 3 aliphatic rings. The molecule has 0 saturated heterocycles. The highest BCUT2D eigenvalue weighted by molar-refractivity contribution is 6.11. The Morgan fingerprint density at radius 3 is 1.76 bits per heavy atom. The fourth-order valence-electron chi connectivity index (χ4n) is 10.6. The Bertz CT molecular complexity index is 2900. The predicted molar refractivity (Wildman–Crippen MR) is 250 cm³/mol. The van der Waals surface area contributed by atoms with Crippen molar-refractivity contribution < 1.29 is 0 Å². The molecule has 0 atom stereocenters. The number of anilines is 3. The van der Waals surface area contributed by atoms with Gasteiger partial charge < -0.3 is 4.90 Å². The van der Waals surface area contributed by atoms with E-state index in [4.69, 9.17) is 0 Å². The van der Waals surface area contributed by atoms with Crippen LogP contribution in [-0.2, 0) is 5.41 Å². The van der Waals surface area contributed by atoms with E-state index in [0.29, 0.717) is 0 Å². The number of fused-ring (bicyclic) bond motifs is 6. The van der Waals surface area contributed by atoms with Crippen LogP contribution in [0.2, 0.25) is 0 Å². The molecule has 1 fully saturated rings. The van der Waals surface area contributed by atoms with E-state index in [0.717, 1.165) is 18.5 Å². The van der Waals surface area contributed by atoms with Crippen molar-refractivity contribution in [3.8, 4) is 33.4 Å². The van der Waals surface area contributed by atoms with Crippen LogP contribution in [0.25, 0.3) is 55.3 Å². The van der Waals surface area contributed by atoms with E-state index >= 15 is 0 Å². The quantitative estimate of drug-likeness (QED) is 0.156. The number of benzene rings is 8. The summed E-state index contributed by atoms with van der Waals surface area (Å²) in [7, 11) is 0. The van der Waals surface area contributed by atoms with Gasteiger partial charge in [0.25, 0.3) is 0 Å². The molecule has 1 nitrogen and oxygen atoms in total. The summed E-state index contributed by atoms with van der Waals surface area (Å²) < 4.78 is 0. The van der Waals surface area contributed by atoms with Crippen LogP contribution in [0.4, 0.5) is 17.1 Å². The molecule has 0 N–H and O–H groups in total. The van der Waals surface area contributed by atoms with E-state index in [2.05, 4.69) is 205 Å². The van der Waals surface area contributed by atoms with E-state index < -0.39 is 0 Å². The van der Waals surface area contributed by atoms with Gasteiger partial charge in [0.05, 0.1) is 5.69 Å². The maximum atomic E-state index is 2.56. The molecule has 0 radical (unpaired) electrons. The van der Waals surface area contributed by atoms with Gasteiger partial charge in [0.2, 0.25) is 0 Å². The predicted octanol–water partition coefficient (Wildman–Crippen LogP) is 16.1. The van der Waals surface area contributed by atoms with E-state index in [1.165, 1.54) is 121 Å². The minimum Gasteiger partial charge on any atom is -0.310 e. The van der Waals surface area contributed by atoms with Crippen molar-refractivity contribution in [1.82, 2.24) is 0 Å². The number of hydrogen-bond donors (Lipinski definition) is 0. The first-order valence-corrected chi connectivity index (χ1v) is 21.5. The summed E-state index contributed by atoms with van der Waals surface area (Å²) in [4.78, 5) is 2.54. The Labute approximate surface area is 348 Å². The molecule has 1 heteroatoms. The summed E-state index contributed by atoms with van der Waals surface area (Å²) >= 11 is 0. The molecule has 59 heavy (non-hydrogen) atoms. The van der Waals surface area contributed by atoms with Crippen LogP contribution in [0.3, 0.4) is 0 Å². The van der Waals surface area contributed by atoms with Crippen molar-refractivity contribution >= 4 is 39.0 Å². The molecule has 11 rings (SSSR count). The average Bonchev–Trinajstić information content (AvgIpc) is 3.57. The lowest BCUT2D eigenvalue weighted by atomic mass is 9.68. The van der Waals surface area contributed by atoms with Gasteiger partial charge in [-0.05, 0) is 128 Å². The first kappa shape index (κ1) is 35.5. The standard InChI is InChI=1S/C58H47N/c1-3-18-41(19-4-1)48-23-7-8-24-49(48)50-25-9-10-26-51(50)54-28-12-14-31-57(54)59(44-34-32-43(33-35-44)47-29-17-21-42-20-5-6-22-46(42)47)45-36-37-53-52-27-11-13-30-55(52)58(56(53)40-45)38-15-2-16-39-58/h1,3-8,11-14,17-37,40H,2,9-10,15-16,38-39H2. The first-order valence-electron chi connectivity index (χ1n) is 21.5. The molecule has 8 aromatic rings. The topological polar surface area (TPSA) is 3.24 Å². The number of nitrogens with zero attached hydrogens (tertiary/aromatic N) is 1. The fourth-order valence-corrected chi connectivity index (χ4v) is 10.6. The summed E-state index contributed by atoms with van der Waals surface area (Å²) in [5, 5.41) is 2.54. The molecule has 0 heterocycles. The second-order valence-corrected chi connectivity index (χ2v) is 16.6. The Morgan fingerprint density at radius 2 is 0.949 bits per heavy atom. The van der Waals surface area contributed by atoms with Crippen LogP contribution >= 0.6 is 0 Å². The van der Waals surface area contributed by atoms with Gasteiger partial charge in [-0.2, -0.15) is 0 Å². The minimum atomic E-state index is 0.0621. The molecule has 1 saturated carbocycles. The third-order valence-corrected chi connectivity index (χ3v) is 13.3. The number of rotatable bonds is 7. The third kappa shape index (κ3) is 6.07. The molecule has 0 unspecified atom stereocenters. The van der Waals surface area contributed by atoms with Crippen LogP contribution in [0.1, 0.15) is 67.2 Å². The van der Waals surface area contributed by atoms with Gasteiger partial charge in [0, 0.05) is 22.4 Å². The lowest BCUT2D eigenvalue weighted by Gasteiger charge is -2.37. The molecule has 0 amide bonds. The summed E-state index contributed by atoms with van der Waals surface area (Å²) in [6, 6.07) is 70.2. The first-order chi connectivity index (χ1) is 29.3. The Morgan fingerprint density at radius 1 is 0.373 bits per heavy atom. The van der Waals surface area contributed by atoms with Gasteiger partial charge in [-0.1, -0.05) is 189 Å². The van der Waals surface area contributed by atoms with E-state index in [1.54, 1.807) is 0 Å². The number of para-hydroxylation sites is 1. The lowest BCUT2D eigenvalue weighted by molar-refractivity contribution is 0.353. The molecule has 1 spiro atoms. The van der Waals surface area contributed by atoms with Gasteiger partial charge >= 0.3 is 0 Å². The third-order valence-electron chi connectivity index (χ3n) is 13.3. The Hall–Kier alpha value is -6.70. The second kappa shape index (κ2) is 14.9. The summed E-state index contributed by atoms with van der Waals surface area (Å²) in [6.07, 6.45) is 13.3. The molecular formula is C58H47N. The minimum absolute atomic E-state index is 0.0621. The Balaban J connectivity index is 1.09. The second-order valence-electron chi connectivity index (χ2n) is 16.6. The molecule has 0 aliphatic heterocycles. The van der Waals surface area contributed by atoms with Crippen molar-refractivity contribution in [2.24, 2.45) is 0 Å². The summed E-state index contributed by atoms with van der Waals surface area (Å²) in [5.41, 5.74) is 19.6. The van der Waals surface area contributed by atoms with Gasteiger partial charge in [-0.15, -0.1) is 0 Å². The monoisotopic (exact) mass is 757 g/mol. The number of hydrogen-bond acceptors (Lipinski definition) is 1. The van der Waals surface area contributed by atoms with Crippen molar-refractivity contribution in [2.75, 3.05) is 4.90 Å². The Kier molecular flexibility index (Phi) is 8.96. The zero-order chi connectivity index (χ0) is 39.2. The smallest absolute Gasteiger partial charge is 0.0540 e. The molecule has 8 aromatic carbocycles. The highest BCUT2D eigenvalue weighted by atomic mass is 15.1. The number of allylic oxidation sites excluding steroid dienone is 4. The van der Waals surface area contributed by atoms with Crippen LogP contribution in [0, 0.1) is 0 Å². The molecule has 284 valence electrons. The normalized spacial score (nSPS) is 15.3. The van der Waals surface area contributed by atoms with Gasteiger partial charge in [-0.25, -0.2) is 0 Å². The lowest BCUT2D eigenvalue weighted by Crippen LogP contribution is -2.28. The molecule has 3 aliphatic carbocycles. The van der Waals surface area contributed by atoms with Gasteiger partial charge in [-0.3, -0.25) is 0 Å². The van der Waals surface area contributed by atoms with Crippen LogP contribution < -0.4 is 4.90 Å². The van der Waals surface area contributed by atoms with Crippen molar-refractivity contribution in [3.63, 3.8) is 0 Å². The van der Waals surface area contributed by atoms with E-state index in [1.807, 2.05) is 0 Å². The van der Waals surface area contributed by atoms with E-state index in [-0.39, 0.29) is 5.41 Å². The van der Waals surface area contributed by atoms with Crippen LogP contribution in [-0.4, -0.2) is 0 Å². The van der Waals surface area contributed by atoms with Crippen molar-refractivity contribution in [3.05, 3.63) is 222 Å². The maximum absolute atomic E-state index is 2.56. The van der Waals surface area contributed by atoms with Crippen LogP contribution in [0.5, 0.6) is 0 Å². The molecule has 0 bridgehead atoms.